The molecule has 0 fully saturated rings. The Balaban J connectivity index is 2.07. The van der Waals surface area contributed by atoms with Crippen LogP contribution in [0.25, 0.3) is 0 Å². The summed E-state index contributed by atoms with van der Waals surface area (Å²) >= 11 is 1.71. The third kappa shape index (κ3) is 5.05. The lowest BCUT2D eigenvalue weighted by molar-refractivity contribution is 0.455. The second-order valence-electron chi connectivity index (χ2n) is 4.37. The van der Waals surface area contributed by atoms with E-state index in [1.54, 1.807) is 11.3 Å². The normalized spacial score (nSPS) is 14.9. The first-order valence-corrected chi connectivity index (χ1v) is 6.94. The van der Waals surface area contributed by atoms with Crippen LogP contribution < -0.4 is 11.1 Å². The fourth-order valence-electron chi connectivity index (χ4n) is 1.73. The van der Waals surface area contributed by atoms with E-state index >= 15 is 0 Å². The SMILES string of the molecule is CC(CCN)CCCNC(C)c1nccs1. The first-order chi connectivity index (χ1) is 7.74. The van der Waals surface area contributed by atoms with Crippen LogP contribution in [-0.2, 0) is 0 Å². The molecule has 0 aromatic carbocycles. The molecule has 0 amide bonds. The molecule has 0 bridgehead atoms. The van der Waals surface area contributed by atoms with E-state index in [4.69, 9.17) is 5.73 Å². The van der Waals surface area contributed by atoms with Crippen molar-refractivity contribution in [2.24, 2.45) is 11.7 Å². The van der Waals surface area contributed by atoms with Crippen molar-refractivity contribution < 1.29 is 0 Å². The van der Waals surface area contributed by atoms with Crippen LogP contribution in [0.4, 0.5) is 0 Å². The van der Waals surface area contributed by atoms with Gasteiger partial charge in [-0.2, -0.15) is 0 Å². The van der Waals surface area contributed by atoms with Crippen LogP contribution in [0, 0.1) is 5.92 Å². The second kappa shape index (κ2) is 7.76. The van der Waals surface area contributed by atoms with Crippen LogP contribution in [0.15, 0.2) is 11.6 Å². The molecular weight excluding hydrogens is 218 g/mol. The van der Waals surface area contributed by atoms with Gasteiger partial charge in [0.1, 0.15) is 5.01 Å². The van der Waals surface area contributed by atoms with Gasteiger partial charge < -0.3 is 11.1 Å². The highest BCUT2D eigenvalue weighted by Crippen LogP contribution is 2.15. The number of aromatic nitrogens is 1. The summed E-state index contributed by atoms with van der Waals surface area (Å²) in [6, 6.07) is 0.379. The van der Waals surface area contributed by atoms with Crippen LogP contribution in [0.2, 0.25) is 0 Å². The minimum atomic E-state index is 0.379. The van der Waals surface area contributed by atoms with E-state index in [0.29, 0.717) is 6.04 Å². The van der Waals surface area contributed by atoms with Crippen LogP contribution in [0.3, 0.4) is 0 Å². The van der Waals surface area contributed by atoms with Gasteiger partial charge in [0, 0.05) is 11.6 Å². The van der Waals surface area contributed by atoms with Gasteiger partial charge in [0.25, 0.3) is 0 Å². The Hall–Kier alpha value is -0.450. The topological polar surface area (TPSA) is 50.9 Å². The van der Waals surface area contributed by atoms with Gasteiger partial charge >= 0.3 is 0 Å². The van der Waals surface area contributed by atoms with Crippen LogP contribution >= 0.6 is 11.3 Å². The largest absolute Gasteiger partial charge is 0.330 e. The lowest BCUT2D eigenvalue weighted by Crippen LogP contribution is -2.20. The van der Waals surface area contributed by atoms with Crippen molar-refractivity contribution in [3.63, 3.8) is 0 Å². The van der Waals surface area contributed by atoms with Crippen molar-refractivity contribution in [2.45, 2.75) is 39.2 Å². The zero-order chi connectivity index (χ0) is 11.8. The summed E-state index contributed by atoms with van der Waals surface area (Å²) < 4.78 is 0. The van der Waals surface area contributed by atoms with Crippen molar-refractivity contribution in [1.82, 2.24) is 10.3 Å². The maximum Gasteiger partial charge on any atom is 0.109 e. The molecule has 4 heteroatoms. The second-order valence-corrected chi connectivity index (χ2v) is 5.30. The van der Waals surface area contributed by atoms with Crippen molar-refractivity contribution in [2.75, 3.05) is 13.1 Å². The monoisotopic (exact) mass is 241 g/mol. The molecule has 1 heterocycles. The number of rotatable bonds is 8. The predicted molar refractivity (Wildman–Crippen MR) is 70.6 cm³/mol. The average Bonchev–Trinajstić information content (AvgIpc) is 2.78. The van der Waals surface area contributed by atoms with Gasteiger partial charge in [0.2, 0.25) is 0 Å². The minimum absolute atomic E-state index is 0.379. The van der Waals surface area contributed by atoms with E-state index in [0.717, 1.165) is 25.4 Å². The predicted octanol–water partition coefficient (Wildman–Crippen LogP) is 2.56. The summed E-state index contributed by atoms with van der Waals surface area (Å²) in [6.45, 7) is 6.32. The smallest absolute Gasteiger partial charge is 0.109 e. The highest BCUT2D eigenvalue weighted by atomic mass is 32.1. The average molecular weight is 241 g/mol. The van der Waals surface area contributed by atoms with Gasteiger partial charge in [-0.25, -0.2) is 4.98 Å². The van der Waals surface area contributed by atoms with Gasteiger partial charge in [0.05, 0.1) is 6.04 Å². The maximum atomic E-state index is 5.52. The Labute approximate surface area is 102 Å². The van der Waals surface area contributed by atoms with Crippen LogP contribution in [0.1, 0.15) is 44.2 Å². The molecule has 2 atom stereocenters. The van der Waals surface area contributed by atoms with Crippen molar-refractivity contribution >= 4 is 11.3 Å². The number of nitrogens with zero attached hydrogens (tertiary/aromatic N) is 1. The molecule has 0 spiro atoms. The summed E-state index contributed by atoms with van der Waals surface area (Å²) in [5.41, 5.74) is 5.52. The third-order valence-electron chi connectivity index (χ3n) is 2.81. The van der Waals surface area contributed by atoms with Crippen LogP contribution in [-0.4, -0.2) is 18.1 Å². The fourth-order valence-corrected chi connectivity index (χ4v) is 2.40. The standard InChI is InChI=1S/C12H23N3S/c1-10(5-6-13)4-3-7-14-11(2)12-15-8-9-16-12/h8-11,14H,3-7,13H2,1-2H3. The number of hydrogen-bond donors (Lipinski definition) is 2. The summed E-state index contributed by atoms with van der Waals surface area (Å²) in [4.78, 5) is 4.30. The molecule has 0 radical (unpaired) electrons. The molecule has 3 N–H and O–H groups in total. The van der Waals surface area contributed by atoms with E-state index < -0.39 is 0 Å². The van der Waals surface area contributed by atoms with Crippen molar-refractivity contribution in [3.8, 4) is 0 Å². The Kier molecular flexibility index (Phi) is 6.61. The minimum Gasteiger partial charge on any atom is -0.330 e. The molecule has 2 unspecified atom stereocenters. The first-order valence-electron chi connectivity index (χ1n) is 6.07. The zero-order valence-corrected chi connectivity index (χ0v) is 11.1. The first kappa shape index (κ1) is 13.6. The van der Waals surface area contributed by atoms with E-state index in [2.05, 4.69) is 24.1 Å². The summed E-state index contributed by atoms with van der Waals surface area (Å²) in [6.07, 6.45) is 5.48. The maximum absolute atomic E-state index is 5.52. The molecule has 0 aliphatic rings. The quantitative estimate of drug-likeness (QED) is 0.688. The Morgan fingerprint density at radius 2 is 2.25 bits per heavy atom. The number of nitrogens with two attached hydrogens (primary N) is 1. The number of nitrogens with one attached hydrogen (secondary N) is 1. The zero-order valence-electron chi connectivity index (χ0n) is 10.3. The Morgan fingerprint density at radius 1 is 1.44 bits per heavy atom. The highest BCUT2D eigenvalue weighted by Gasteiger charge is 2.06. The molecule has 1 aromatic heterocycles. The van der Waals surface area contributed by atoms with Gasteiger partial charge in [0.15, 0.2) is 0 Å². The van der Waals surface area contributed by atoms with Crippen molar-refractivity contribution in [1.29, 1.82) is 0 Å². The van der Waals surface area contributed by atoms with Gasteiger partial charge in [-0.15, -0.1) is 11.3 Å². The molecule has 1 rings (SSSR count). The summed E-state index contributed by atoms with van der Waals surface area (Å²) in [5.74, 6) is 0.752. The summed E-state index contributed by atoms with van der Waals surface area (Å²) in [7, 11) is 0. The number of hydrogen-bond acceptors (Lipinski definition) is 4. The van der Waals surface area contributed by atoms with Crippen molar-refractivity contribution in [3.05, 3.63) is 16.6 Å². The van der Waals surface area contributed by atoms with Gasteiger partial charge in [-0.3, -0.25) is 0 Å². The molecular formula is C12H23N3S. The molecule has 0 aliphatic carbocycles. The lowest BCUT2D eigenvalue weighted by Gasteiger charge is -2.13. The Morgan fingerprint density at radius 3 is 2.88 bits per heavy atom. The third-order valence-corrected chi connectivity index (χ3v) is 3.76. The van der Waals surface area contributed by atoms with Gasteiger partial charge in [-0.1, -0.05) is 6.92 Å². The molecule has 3 nitrogen and oxygen atoms in total. The molecule has 0 aliphatic heterocycles. The van der Waals surface area contributed by atoms with Gasteiger partial charge in [-0.05, 0) is 45.2 Å². The molecule has 1 aromatic rings. The lowest BCUT2D eigenvalue weighted by atomic mass is 10.0. The van der Waals surface area contributed by atoms with E-state index in [-0.39, 0.29) is 0 Å². The van der Waals surface area contributed by atoms with Crippen LogP contribution in [0.5, 0.6) is 0 Å². The highest BCUT2D eigenvalue weighted by molar-refractivity contribution is 7.09. The fraction of sp³-hybridized carbons (Fsp3) is 0.750. The van der Waals surface area contributed by atoms with E-state index in [1.807, 2.05) is 11.6 Å². The molecule has 0 saturated heterocycles. The van der Waals surface area contributed by atoms with E-state index in [9.17, 15) is 0 Å². The molecule has 16 heavy (non-hydrogen) atoms. The molecule has 92 valence electrons. The Bertz CT molecular complexity index is 261. The summed E-state index contributed by atoms with van der Waals surface area (Å²) in [5, 5.41) is 6.70. The molecule has 0 saturated carbocycles. The van der Waals surface area contributed by atoms with E-state index in [1.165, 1.54) is 17.8 Å². The number of thiazole rings is 1.